The molecule has 1 aliphatic rings. The molecule has 0 saturated heterocycles. The third-order valence-corrected chi connectivity index (χ3v) is 8.40. The molecule has 5 aromatic carbocycles. The molecule has 0 bridgehead atoms. The topological polar surface area (TPSA) is 57.4 Å². The van der Waals surface area contributed by atoms with E-state index in [1.165, 1.54) is 16.6 Å². The van der Waals surface area contributed by atoms with Crippen molar-refractivity contribution in [2.45, 2.75) is 12.8 Å². The summed E-state index contributed by atoms with van der Waals surface area (Å²) < 4.78 is 4.55. The molecule has 0 saturated carbocycles. The summed E-state index contributed by atoms with van der Waals surface area (Å²) in [5, 5.41) is 23.0. The van der Waals surface area contributed by atoms with E-state index >= 15 is 0 Å². The highest BCUT2D eigenvalue weighted by atomic mass is 15.0. The number of rotatable bonds is 3. The van der Waals surface area contributed by atoms with Gasteiger partial charge in [-0.3, -0.25) is 0 Å². The number of para-hydroxylation sites is 2. The molecule has 0 radical (unpaired) electrons. The lowest BCUT2D eigenvalue weighted by Crippen LogP contribution is -2.01. The third kappa shape index (κ3) is 3.60. The summed E-state index contributed by atoms with van der Waals surface area (Å²) >= 11 is 0. The van der Waals surface area contributed by atoms with Crippen molar-refractivity contribution in [3.63, 3.8) is 0 Å². The molecule has 0 fully saturated rings. The van der Waals surface area contributed by atoms with Crippen LogP contribution in [-0.4, -0.2) is 9.13 Å². The molecule has 196 valence electrons. The fourth-order valence-corrected chi connectivity index (χ4v) is 6.58. The Balaban J connectivity index is 1.33. The molecule has 2 heterocycles. The van der Waals surface area contributed by atoms with Crippen molar-refractivity contribution in [2.24, 2.45) is 0 Å². The van der Waals surface area contributed by atoms with Crippen LogP contribution in [0.15, 0.2) is 115 Å². The maximum atomic E-state index is 10.1. The first-order valence-electron chi connectivity index (χ1n) is 14.1. The smallest absolute Gasteiger partial charge is 0.0992 e. The fourth-order valence-electron chi connectivity index (χ4n) is 6.58. The minimum absolute atomic E-state index is 0.625. The van der Waals surface area contributed by atoms with Gasteiger partial charge in [-0.15, -0.1) is 0 Å². The molecular formula is C38H24N4. The normalized spacial score (nSPS) is 12.4. The van der Waals surface area contributed by atoms with Crippen molar-refractivity contribution in [3.8, 4) is 34.6 Å². The molecule has 0 amide bonds. The van der Waals surface area contributed by atoms with E-state index in [1.807, 2.05) is 42.5 Å². The van der Waals surface area contributed by atoms with Crippen molar-refractivity contribution in [1.29, 1.82) is 10.5 Å². The van der Waals surface area contributed by atoms with Gasteiger partial charge >= 0.3 is 0 Å². The molecule has 2 aromatic heterocycles. The fraction of sp³-hybridized carbons (Fsp3) is 0.0526. The second-order valence-corrected chi connectivity index (χ2v) is 10.8. The number of nitrogens with zero attached hydrogens (tertiary/aromatic N) is 4. The number of aromatic nitrogens is 2. The number of benzene rings is 5. The van der Waals surface area contributed by atoms with Crippen molar-refractivity contribution in [3.05, 3.63) is 138 Å². The largest absolute Gasteiger partial charge is 0.310 e. The molecule has 4 nitrogen and oxygen atoms in total. The lowest BCUT2D eigenvalue weighted by molar-refractivity contribution is 0.967. The Bertz CT molecular complexity index is 2330. The Morgan fingerprint density at radius 1 is 0.548 bits per heavy atom. The van der Waals surface area contributed by atoms with Gasteiger partial charge in [0.2, 0.25) is 0 Å². The average Bonchev–Trinajstić information content (AvgIpc) is 3.57. The highest BCUT2D eigenvalue weighted by Crippen LogP contribution is 2.37. The summed E-state index contributed by atoms with van der Waals surface area (Å²) in [6.07, 6.45) is 6.51. The number of aryl methyl sites for hydroxylation is 1. The van der Waals surface area contributed by atoms with Gasteiger partial charge in [0.1, 0.15) is 0 Å². The molecule has 8 rings (SSSR count). The first-order chi connectivity index (χ1) is 20.7. The van der Waals surface area contributed by atoms with E-state index < -0.39 is 0 Å². The Hall–Kier alpha value is -5.84. The lowest BCUT2D eigenvalue weighted by Gasteiger charge is -2.15. The summed E-state index contributed by atoms with van der Waals surface area (Å²) in [4.78, 5) is 0. The molecule has 0 spiro atoms. The van der Waals surface area contributed by atoms with Crippen LogP contribution < -0.4 is 0 Å². The number of fused-ring (bicyclic) bond motifs is 6. The molecule has 0 atom stereocenters. The van der Waals surface area contributed by atoms with Gasteiger partial charge in [0.25, 0.3) is 0 Å². The standard InChI is InChI=1S/C38H24N4/c39-23-25-16-17-38-34(20-25)33-12-3-6-15-37(33)41(38)29-9-7-8-27(21-29)28-18-26(24-40)19-30(22-28)42-35-13-4-1-10-31(35)32-11-2-5-14-36(32)42/h1,3-10,12-22H,2,11H2. The number of hydrogen-bond donors (Lipinski definition) is 0. The molecule has 42 heavy (non-hydrogen) atoms. The van der Waals surface area contributed by atoms with E-state index in [4.69, 9.17) is 0 Å². The first kappa shape index (κ1) is 24.0. The number of nitriles is 2. The van der Waals surface area contributed by atoms with Crippen LogP contribution in [0.5, 0.6) is 0 Å². The lowest BCUT2D eigenvalue weighted by atomic mass is 10.0. The number of allylic oxidation sites excluding steroid dienone is 1. The van der Waals surface area contributed by atoms with E-state index in [9.17, 15) is 10.5 Å². The second kappa shape index (κ2) is 9.37. The highest BCUT2D eigenvalue weighted by Gasteiger charge is 2.19. The monoisotopic (exact) mass is 536 g/mol. The van der Waals surface area contributed by atoms with E-state index in [0.717, 1.165) is 62.7 Å². The van der Waals surface area contributed by atoms with Crippen LogP contribution in [-0.2, 0) is 6.42 Å². The van der Waals surface area contributed by atoms with E-state index in [1.54, 1.807) is 0 Å². The van der Waals surface area contributed by atoms with Gasteiger partial charge in [-0.25, -0.2) is 0 Å². The SMILES string of the molecule is N#Cc1cc(-c2cccc(-n3c4ccccc4c4cc(C#N)ccc43)c2)cc(-n2c3c(c4ccccc42)CCC=C3)c1. The molecule has 1 aliphatic carbocycles. The zero-order valence-electron chi connectivity index (χ0n) is 22.8. The van der Waals surface area contributed by atoms with Crippen LogP contribution in [0.3, 0.4) is 0 Å². The van der Waals surface area contributed by atoms with Gasteiger partial charge in [0.05, 0.1) is 39.8 Å². The van der Waals surface area contributed by atoms with Crippen molar-refractivity contribution < 1.29 is 0 Å². The van der Waals surface area contributed by atoms with Gasteiger partial charge in [0.15, 0.2) is 0 Å². The van der Waals surface area contributed by atoms with Gasteiger partial charge in [-0.05, 0) is 96.3 Å². The predicted octanol–water partition coefficient (Wildman–Crippen LogP) is 9.10. The van der Waals surface area contributed by atoms with Crippen molar-refractivity contribution >= 4 is 38.8 Å². The highest BCUT2D eigenvalue weighted by molar-refractivity contribution is 6.09. The van der Waals surface area contributed by atoms with E-state index in [-0.39, 0.29) is 0 Å². The maximum absolute atomic E-state index is 10.1. The zero-order valence-corrected chi connectivity index (χ0v) is 22.8. The minimum Gasteiger partial charge on any atom is -0.310 e. The van der Waals surface area contributed by atoms with Crippen LogP contribution >= 0.6 is 0 Å². The summed E-state index contributed by atoms with van der Waals surface area (Å²) in [5.41, 5.74) is 11.2. The summed E-state index contributed by atoms with van der Waals surface area (Å²) in [6.45, 7) is 0. The molecule has 0 N–H and O–H groups in total. The summed E-state index contributed by atoms with van der Waals surface area (Å²) in [7, 11) is 0. The second-order valence-electron chi connectivity index (χ2n) is 10.8. The molecule has 7 aromatic rings. The van der Waals surface area contributed by atoms with Crippen LogP contribution in [0.1, 0.15) is 28.8 Å². The Kier molecular flexibility index (Phi) is 5.36. The van der Waals surface area contributed by atoms with Gasteiger partial charge in [-0.2, -0.15) is 10.5 Å². The van der Waals surface area contributed by atoms with Crippen LogP contribution in [0.4, 0.5) is 0 Å². The van der Waals surface area contributed by atoms with Gasteiger partial charge < -0.3 is 9.13 Å². The molecular weight excluding hydrogens is 512 g/mol. The Labute approximate surface area is 243 Å². The van der Waals surface area contributed by atoms with Gasteiger partial charge in [-0.1, -0.05) is 54.6 Å². The van der Waals surface area contributed by atoms with Crippen LogP contribution in [0.2, 0.25) is 0 Å². The zero-order chi connectivity index (χ0) is 28.2. The quantitative estimate of drug-likeness (QED) is 0.226. The molecule has 0 unspecified atom stereocenters. The van der Waals surface area contributed by atoms with Crippen LogP contribution in [0, 0.1) is 22.7 Å². The summed E-state index contributed by atoms with van der Waals surface area (Å²) in [5.74, 6) is 0. The van der Waals surface area contributed by atoms with E-state index in [2.05, 4.69) is 100 Å². The first-order valence-corrected chi connectivity index (χ1v) is 14.1. The maximum Gasteiger partial charge on any atom is 0.0992 e. The molecule has 0 aliphatic heterocycles. The average molecular weight is 537 g/mol. The van der Waals surface area contributed by atoms with E-state index in [0.29, 0.717) is 11.1 Å². The van der Waals surface area contributed by atoms with Crippen molar-refractivity contribution in [1.82, 2.24) is 9.13 Å². The van der Waals surface area contributed by atoms with Gasteiger partial charge in [0, 0.05) is 33.2 Å². The molecule has 4 heteroatoms. The third-order valence-electron chi connectivity index (χ3n) is 8.40. The number of hydrogen-bond acceptors (Lipinski definition) is 2. The van der Waals surface area contributed by atoms with Crippen molar-refractivity contribution in [2.75, 3.05) is 0 Å². The van der Waals surface area contributed by atoms with Crippen LogP contribution in [0.25, 0.3) is 61.3 Å². The minimum atomic E-state index is 0.625. The predicted molar refractivity (Wildman–Crippen MR) is 170 cm³/mol. The summed E-state index contributed by atoms with van der Waals surface area (Å²) in [6, 6.07) is 42.1. The Morgan fingerprint density at radius 3 is 2.12 bits per heavy atom. The Morgan fingerprint density at radius 2 is 1.29 bits per heavy atom.